The minimum absolute atomic E-state index is 0.173. The number of nitrogens with zero attached hydrogens (tertiary/aromatic N) is 3. The SMILES string of the molecule is CCCCN(CCCC)S(=O)(=O)c1ccc(C(=O)N(Cc2ccccc2)c2nc3ccc(F)cc3s2)cc1. The second-order valence-electron chi connectivity index (χ2n) is 9.12. The number of carbonyl (C=O) groups is 1. The quantitative estimate of drug-likeness (QED) is 0.192. The molecule has 6 nitrogen and oxygen atoms in total. The first-order valence-electron chi connectivity index (χ1n) is 12.9. The Balaban J connectivity index is 1.64. The van der Waals surface area contributed by atoms with Crippen molar-refractivity contribution in [3.8, 4) is 0 Å². The van der Waals surface area contributed by atoms with Crippen LogP contribution in [0.4, 0.5) is 9.52 Å². The molecule has 1 heterocycles. The minimum Gasteiger partial charge on any atom is -0.279 e. The molecule has 0 aliphatic rings. The van der Waals surface area contributed by atoms with Gasteiger partial charge < -0.3 is 0 Å². The van der Waals surface area contributed by atoms with E-state index in [4.69, 9.17) is 0 Å². The van der Waals surface area contributed by atoms with E-state index in [1.54, 1.807) is 27.4 Å². The van der Waals surface area contributed by atoms with E-state index in [0.717, 1.165) is 31.2 Å². The second kappa shape index (κ2) is 12.6. The first-order chi connectivity index (χ1) is 18.3. The Morgan fingerprint density at radius 1 is 0.921 bits per heavy atom. The number of hydrogen-bond donors (Lipinski definition) is 0. The highest BCUT2D eigenvalue weighted by atomic mass is 32.2. The van der Waals surface area contributed by atoms with E-state index in [0.29, 0.717) is 34.0 Å². The van der Waals surface area contributed by atoms with E-state index in [9.17, 15) is 17.6 Å². The number of rotatable bonds is 12. The predicted octanol–water partition coefficient (Wildman–Crippen LogP) is 6.87. The summed E-state index contributed by atoms with van der Waals surface area (Å²) < 4.78 is 42.7. The summed E-state index contributed by atoms with van der Waals surface area (Å²) in [5.74, 6) is -0.677. The molecule has 4 rings (SSSR count). The van der Waals surface area contributed by atoms with Crippen LogP contribution in [0.2, 0.25) is 0 Å². The maximum Gasteiger partial charge on any atom is 0.260 e. The number of carbonyl (C=O) groups excluding carboxylic acids is 1. The Labute approximate surface area is 227 Å². The third kappa shape index (κ3) is 6.46. The largest absolute Gasteiger partial charge is 0.279 e. The van der Waals surface area contributed by atoms with Gasteiger partial charge in [-0.3, -0.25) is 9.69 Å². The normalized spacial score (nSPS) is 11.8. The van der Waals surface area contributed by atoms with Crippen molar-refractivity contribution < 1.29 is 17.6 Å². The lowest BCUT2D eigenvalue weighted by atomic mass is 10.1. The van der Waals surface area contributed by atoms with Crippen LogP contribution in [0.5, 0.6) is 0 Å². The van der Waals surface area contributed by atoms with Crippen LogP contribution in [0.25, 0.3) is 10.2 Å². The van der Waals surface area contributed by atoms with E-state index in [1.807, 2.05) is 44.2 Å². The fourth-order valence-corrected chi connectivity index (χ4v) is 6.59. The van der Waals surface area contributed by atoms with Crippen molar-refractivity contribution in [2.75, 3.05) is 18.0 Å². The predicted molar refractivity (Wildman–Crippen MR) is 152 cm³/mol. The smallest absolute Gasteiger partial charge is 0.260 e. The first-order valence-corrected chi connectivity index (χ1v) is 15.1. The van der Waals surface area contributed by atoms with Crippen LogP contribution in [-0.4, -0.2) is 36.7 Å². The van der Waals surface area contributed by atoms with Crippen molar-refractivity contribution in [2.45, 2.75) is 51.0 Å². The number of amides is 1. The molecule has 1 aromatic heterocycles. The van der Waals surface area contributed by atoms with Gasteiger partial charge in [-0.15, -0.1) is 0 Å². The summed E-state index contributed by atoms with van der Waals surface area (Å²) in [6, 6.07) is 20.0. The molecule has 0 aliphatic carbocycles. The summed E-state index contributed by atoms with van der Waals surface area (Å²) in [6.07, 6.45) is 3.39. The van der Waals surface area contributed by atoms with Gasteiger partial charge in [0.05, 0.1) is 21.7 Å². The molecule has 0 fully saturated rings. The molecule has 9 heteroatoms. The molecule has 0 saturated carbocycles. The molecular formula is C29H32FN3O3S2. The van der Waals surface area contributed by atoms with Crippen molar-refractivity contribution in [1.82, 2.24) is 9.29 Å². The van der Waals surface area contributed by atoms with Crippen LogP contribution in [0, 0.1) is 5.82 Å². The number of unbranched alkanes of at least 4 members (excludes halogenated alkanes) is 2. The van der Waals surface area contributed by atoms with Crippen molar-refractivity contribution in [3.63, 3.8) is 0 Å². The van der Waals surface area contributed by atoms with Crippen LogP contribution in [0.3, 0.4) is 0 Å². The van der Waals surface area contributed by atoms with Gasteiger partial charge in [0.1, 0.15) is 5.82 Å². The monoisotopic (exact) mass is 553 g/mol. The number of hydrogen-bond acceptors (Lipinski definition) is 5. The second-order valence-corrected chi connectivity index (χ2v) is 12.1. The van der Waals surface area contributed by atoms with Gasteiger partial charge in [-0.2, -0.15) is 4.31 Å². The summed E-state index contributed by atoms with van der Waals surface area (Å²) in [5.41, 5.74) is 1.87. The zero-order valence-electron chi connectivity index (χ0n) is 21.6. The lowest BCUT2D eigenvalue weighted by Crippen LogP contribution is -2.33. The minimum atomic E-state index is -3.67. The third-order valence-electron chi connectivity index (χ3n) is 6.26. The maximum absolute atomic E-state index is 13.8. The summed E-state index contributed by atoms with van der Waals surface area (Å²) in [4.78, 5) is 20.0. The molecule has 0 unspecified atom stereocenters. The fraction of sp³-hybridized carbons (Fsp3) is 0.310. The van der Waals surface area contributed by atoms with Gasteiger partial charge in [-0.25, -0.2) is 17.8 Å². The van der Waals surface area contributed by atoms with E-state index in [1.165, 1.54) is 35.6 Å². The van der Waals surface area contributed by atoms with Crippen molar-refractivity contribution in [2.24, 2.45) is 0 Å². The first kappa shape index (κ1) is 27.9. The molecule has 0 bridgehead atoms. The highest BCUT2D eigenvalue weighted by molar-refractivity contribution is 7.89. The van der Waals surface area contributed by atoms with Gasteiger partial charge in [0.15, 0.2) is 5.13 Å². The highest BCUT2D eigenvalue weighted by Gasteiger charge is 2.26. The van der Waals surface area contributed by atoms with Crippen LogP contribution < -0.4 is 4.90 Å². The molecule has 0 spiro atoms. The molecule has 0 aliphatic heterocycles. The number of fused-ring (bicyclic) bond motifs is 1. The number of sulfonamides is 1. The molecular weight excluding hydrogens is 521 g/mol. The van der Waals surface area contributed by atoms with Crippen LogP contribution in [0.15, 0.2) is 77.7 Å². The molecule has 4 aromatic rings. The van der Waals surface area contributed by atoms with Gasteiger partial charge in [0.2, 0.25) is 10.0 Å². The zero-order chi connectivity index (χ0) is 27.1. The molecule has 0 atom stereocenters. The summed E-state index contributed by atoms with van der Waals surface area (Å²) >= 11 is 1.24. The van der Waals surface area contributed by atoms with E-state index < -0.39 is 10.0 Å². The van der Waals surface area contributed by atoms with Crippen LogP contribution in [0.1, 0.15) is 55.5 Å². The molecule has 200 valence electrons. The lowest BCUT2D eigenvalue weighted by molar-refractivity contribution is 0.0985. The third-order valence-corrected chi connectivity index (χ3v) is 9.21. The average molecular weight is 554 g/mol. The lowest BCUT2D eigenvalue weighted by Gasteiger charge is -2.23. The number of anilines is 1. The standard InChI is InChI=1S/C29H32FN3O3S2/c1-3-5-18-32(19-6-4-2)38(35,36)25-15-12-23(13-16-25)28(34)33(21-22-10-8-7-9-11-22)29-31-26-17-14-24(30)20-27(26)37-29/h7-17,20H,3-6,18-19,21H2,1-2H3. The summed E-state index contributed by atoms with van der Waals surface area (Å²) in [7, 11) is -3.67. The van der Waals surface area contributed by atoms with Crippen LogP contribution >= 0.6 is 11.3 Å². The Morgan fingerprint density at radius 2 is 1.58 bits per heavy atom. The number of aromatic nitrogens is 1. The molecule has 1 amide bonds. The fourth-order valence-electron chi connectivity index (χ4n) is 4.09. The molecule has 0 radical (unpaired) electrons. The van der Waals surface area contributed by atoms with Crippen LogP contribution in [-0.2, 0) is 16.6 Å². The Bertz CT molecular complexity index is 1460. The van der Waals surface area contributed by atoms with Crippen molar-refractivity contribution >= 4 is 42.6 Å². The molecule has 3 aromatic carbocycles. The molecule has 38 heavy (non-hydrogen) atoms. The number of thiazole rings is 1. The summed E-state index contributed by atoms with van der Waals surface area (Å²) in [6.45, 7) is 5.29. The van der Waals surface area contributed by atoms with Gasteiger partial charge >= 0.3 is 0 Å². The van der Waals surface area contributed by atoms with E-state index in [-0.39, 0.29) is 23.2 Å². The Hall–Kier alpha value is -3.14. The Kier molecular flexibility index (Phi) is 9.25. The molecule has 0 N–H and O–H groups in total. The highest BCUT2D eigenvalue weighted by Crippen LogP contribution is 2.31. The van der Waals surface area contributed by atoms with Gasteiger partial charge in [0, 0.05) is 18.7 Å². The summed E-state index contributed by atoms with van der Waals surface area (Å²) in [5, 5.41) is 0.446. The van der Waals surface area contributed by atoms with E-state index >= 15 is 0 Å². The van der Waals surface area contributed by atoms with Gasteiger partial charge in [-0.05, 0) is 60.9 Å². The topological polar surface area (TPSA) is 70.6 Å². The average Bonchev–Trinajstić information content (AvgIpc) is 3.35. The van der Waals surface area contributed by atoms with Gasteiger partial charge in [0.25, 0.3) is 5.91 Å². The number of benzene rings is 3. The zero-order valence-corrected chi connectivity index (χ0v) is 23.3. The van der Waals surface area contributed by atoms with Crippen molar-refractivity contribution in [3.05, 3.63) is 89.7 Å². The Morgan fingerprint density at radius 3 is 2.21 bits per heavy atom. The van der Waals surface area contributed by atoms with Crippen molar-refractivity contribution in [1.29, 1.82) is 0 Å². The molecule has 0 saturated heterocycles. The van der Waals surface area contributed by atoms with Gasteiger partial charge in [-0.1, -0.05) is 68.4 Å². The van der Waals surface area contributed by atoms with E-state index in [2.05, 4.69) is 4.98 Å². The maximum atomic E-state index is 13.8. The number of halogens is 1.